The molecule has 20 heavy (non-hydrogen) atoms. The molecule has 5 heteroatoms. The molecular weight excluding hydrogens is 295 g/mol. The lowest BCUT2D eigenvalue weighted by molar-refractivity contribution is 0.342. The van der Waals surface area contributed by atoms with Gasteiger partial charge in [-0.3, -0.25) is 0 Å². The van der Waals surface area contributed by atoms with Crippen molar-refractivity contribution in [2.75, 3.05) is 17.7 Å². The van der Waals surface area contributed by atoms with Crippen molar-refractivity contribution in [2.45, 2.75) is 13.8 Å². The molecule has 0 saturated heterocycles. The average Bonchev–Trinajstić information content (AvgIpc) is 2.40. The summed E-state index contributed by atoms with van der Waals surface area (Å²) in [5.74, 6) is 0.645. The highest BCUT2D eigenvalue weighted by molar-refractivity contribution is 6.35. The molecule has 3 nitrogen and oxygen atoms in total. The molecule has 3 N–H and O–H groups in total. The van der Waals surface area contributed by atoms with Crippen molar-refractivity contribution in [2.24, 2.45) is 0 Å². The van der Waals surface area contributed by atoms with Crippen LogP contribution in [0.4, 0.5) is 17.1 Å². The predicted molar refractivity (Wildman–Crippen MR) is 86.5 cm³/mol. The number of aryl methyl sites for hydroxylation is 1. The summed E-state index contributed by atoms with van der Waals surface area (Å²) in [6.07, 6.45) is 0. The van der Waals surface area contributed by atoms with Gasteiger partial charge >= 0.3 is 0 Å². The number of ether oxygens (including phenoxy) is 1. The van der Waals surface area contributed by atoms with Crippen molar-refractivity contribution in [1.82, 2.24) is 0 Å². The van der Waals surface area contributed by atoms with E-state index in [9.17, 15) is 0 Å². The highest BCUT2D eigenvalue weighted by atomic mass is 35.5. The van der Waals surface area contributed by atoms with Crippen LogP contribution in [-0.2, 0) is 0 Å². The Labute approximate surface area is 128 Å². The number of anilines is 3. The molecule has 106 valence electrons. The highest BCUT2D eigenvalue weighted by Crippen LogP contribution is 2.35. The van der Waals surface area contributed by atoms with Crippen LogP contribution in [-0.4, -0.2) is 6.61 Å². The van der Waals surface area contributed by atoms with Gasteiger partial charge in [0.1, 0.15) is 5.75 Å². The Morgan fingerprint density at radius 2 is 1.90 bits per heavy atom. The number of nitrogens with two attached hydrogens (primary N) is 1. The fraction of sp³-hybridized carbons (Fsp3) is 0.200. The molecule has 2 rings (SSSR count). The number of hydrogen-bond acceptors (Lipinski definition) is 3. The van der Waals surface area contributed by atoms with Gasteiger partial charge in [-0.25, -0.2) is 0 Å². The first kappa shape index (κ1) is 14.8. The molecule has 2 aromatic rings. The molecule has 0 aliphatic rings. The monoisotopic (exact) mass is 310 g/mol. The molecule has 0 fully saturated rings. The fourth-order valence-electron chi connectivity index (χ4n) is 1.82. The van der Waals surface area contributed by atoms with Crippen molar-refractivity contribution in [3.05, 3.63) is 45.9 Å². The normalized spacial score (nSPS) is 10.4. The summed E-state index contributed by atoms with van der Waals surface area (Å²) < 4.78 is 5.46. The lowest BCUT2D eigenvalue weighted by Crippen LogP contribution is -2.01. The van der Waals surface area contributed by atoms with E-state index in [0.717, 1.165) is 11.3 Å². The number of para-hydroxylation sites is 1. The molecule has 0 aliphatic heterocycles. The third kappa shape index (κ3) is 3.11. The maximum Gasteiger partial charge on any atom is 0.144 e. The second-order valence-corrected chi connectivity index (χ2v) is 5.17. The number of hydrogen-bond donors (Lipinski definition) is 2. The quantitative estimate of drug-likeness (QED) is 0.779. The number of rotatable bonds is 4. The van der Waals surface area contributed by atoms with Gasteiger partial charge < -0.3 is 15.8 Å². The number of nitrogens with one attached hydrogen (secondary N) is 1. The van der Waals surface area contributed by atoms with Crippen molar-refractivity contribution < 1.29 is 4.74 Å². The van der Waals surface area contributed by atoms with E-state index in [4.69, 9.17) is 33.7 Å². The van der Waals surface area contributed by atoms with Crippen LogP contribution in [0.3, 0.4) is 0 Å². The van der Waals surface area contributed by atoms with Gasteiger partial charge in [0.05, 0.1) is 28.7 Å². The summed E-state index contributed by atoms with van der Waals surface area (Å²) in [5, 5.41) is 4.43. The van der Waals surface area contributed by atoms with Gasteiger partial charge in [0.15, 0.2) is 0 Å². The van der Waals surface area contributed by atoms with Crippen molar-refractivity contribution in [3.8, 4) is 5.75 Å². The lowest BCUT2D eigenvalue weighted by Gasteiger charge is -2.14. The minimum atomic E-state index is 0.544. The Morgan fingerprint density at radius 1 is 1.15 bits per heavy atom. The molecular formula is C15H16Cl2N2O. The van der Waals surface area contributed by atoms with E-state index in [2.05, 4.69) is 5.32 Å². The van der Waals surface area contributed by atoms with Crippen LogP contribution in [0.25, 0.3) is 0 Å². The van der Waals surface area contributed by atoms with Gasteiger partial charge in [0, 0.05) is 5.02 Å². The van der Waals surface area contributed by atoms with E-state index >= 15 is 0 Å². The van der Waals surface area contributed by atoms with E-state index in [-0.39, 0.29) is 0 Å². The topological polar surface area (TPSA) is 47.3 Å². The first-order chi connectivity index (χ1) is 9.52. The van der Waals surface area contributed by atoms with Crippen molar-refractivity contribution >= 4 is 40.3 Å². The van der Waals surface area contributed by atoms with Gasteiger partial charge in [0.2, 0.25) is 0 Å². The van der Waals surface area contributed by atoms with Crippen LogP contribution in [0.1, 0.15) is 12.5 Å². The van der Waals surface area contributed by atoms with Gasteiger partial charge in [-0.05, 0) is 43.7 Å². The predicted octanol–water partition coefficient (Wildman–Crippen LogP) is 5.03. The van der Waals surface area contributed by atoms with Crippen LogP contribution in [0.2, 0.25) is 10.0 Å². The zero-order chi connectivity index (χ0) is 14.7. The van der Waals surface area contributed by atoms with Gasteiger partial charge in [-0.1, -0.05) is 29.3 Å². The largest absolute Gasteiger partial charge is 0.492 e. The van der Waals surface area contributed by atoms with E-state index in [1.54, 1.807) is 6.07 Å². The zero-order valence-corrected chi connectivity index (χ0v) is 12.8. The van der Waals surface area contributed by atoms with Crippen molar-refractivity contribution in [3.63, 3.8) is 0 Å². The number of nitrogen functional groups attached to an aromatic ring is 1. The molecule has 0 unspecified atom stereocenters. The van der Waals surface area contributed by atoms with E-state index < -0.39 is 0 Å². The van der Waals surface area contributed by atoms with Crippen molar-refractivity contribution in [1.29, 1.82) is 0 Å². The maximum atomic E-state index is 6.21. The second-order valence-electron chi connectivity index (χ2n) is 4.36. The molecule has 0 heterocycles. The summed E-state index contributed by atoms with van der Waals surface area (Å²) >= 11 is 12.3. The van der Waals surface area contributed by atoms with Crippen LogP contribution >= 0.6 is 23.2 Å². The smallest absolute Gasteiger partial charge is 0.144 e. The first-order valence-corrected chi connectivity index (χ1v) is 7.02. The second kappa shape index (κ2) is 6.25. The SMILES string of the molecule is CCOc1cccc(Nc2cc(Cl)c(C)cc2Cl)c1N. The highest BCUT2D eigenvalue weighted by Gasteiger charge is 2.09. The number of halogens is 2. The van der Waals surface area contributed by atoms with E-state index in [1.807, 2.05) is 38.1 Å². The molecule has 0 aromatic heterocycles. The average molecular weight is 311 g/mol. The Hall–Kier alpha value is -1.58. The molecule has 0 spiro atoms. The molecule has 0 radical (unpaired) electrons. The molecule has 0 atom stereocenters. The molecule has 0 bridgehead atoms. The Balaban J connectivity index is 2.35. The molecule has 0 amide bonds. The Bertz CT molecular complexity index is 630. The van der Waals surface area contributed by atoms with Gasteiger partial charge in [-0.2, -0.15) is 0 Å². The fourth-order valence-corrected chi connectivity index (χ4v) is 2.25. The van der Waals surface area contributed by atoms with E-state index in [1.165, 1.54) is 0 Å². The summed E-state index contributed by atoms with van der Waals surface area (Å²) in [7, 11) is 0. The van der Waals surface area contributed by atoms with Crippen LogP contribution < -0.4 is 15.8 Å². The van der Waals surface area contributed by atoms with Crippen LogP contribution in [0, 0.1) is 6.92 Å². The Kier molecular flexibility index (Phi) is 4.63. The van der Waals surface area contributed by atoms with Gasteiger partial charge in [0.25, 0.3) is 0 Å². The third-order valence-electron chi connectivity index (χ3n) is 2.88. The summed E-state index contributed by atoms with van der Waals surface area (Å²) in [5.41, 5.74) is 8.99. The molecule has 2 aromatic carbocycles. The summed E-state index contributed by atoms with van der Waals surface area (Å²) in [6, 6.07) is 9.16. The zero-order valence-electron chi connectivity index (χ0n) is 11.3. The number of benzene rings is 2. The van der Waals surface area contributed by atoms with Gasteiger partial charge in [-0.15, -0.1) is 0 Å². The maximum absolute atomic E-state index is 6.21. The summed E-state index contributed by atoms with van der Waals surface area (Å²) in [4.78, 5) is 0. The van der Waals surface area contributed by atoms with E-state index in [0.29, 0.717) is 33.8 Å². The third-order valence-corrected chi connectivity index (χ3v) is 3.60. The summed E-state index contributed by atoms with van der Waals surface area (Å²) in [6.45, 7) is 4.38. The Morgan fingerprint density at radius 3 is 2.60 bits per heavy atom. The molecule has 0 saturated carbocycles. The van der Waals surface area contributed by atoms with Crippen LogP contribution in [0.15, 0.2) is 30.3 Å². The molecule has 0 aliphatic carbocycles. The van der Waals surface area contributed by atoms with Crippen LogP contribution in [0.5, 0.6) is 5.75 Å². The minimum Gasteiger partial charge on any atom is -0.492 e. The first-order valence-electron chi connectivity index (χ1n) is 6.27. The standard InChI is InChI=1S/C15H16Cl2N2O/c1-3-20-14-6-4-5-12(15(14)18)19-13-8-10(16)9(2)7-11(13)17/h4-8,19H,3,18H2,1-2H3. The lowest BCUT2D eigenvalue weighted by atomic mass is 10.2. The minimum absolute atomic E-state index is 0.544.